The molecule has 0 aliphatic rings. The first kappa shape index (κ1) is 21.5. The molecule has 0 bridgehead atoms. The Bertz CT molecular complexity index is 1160. The van der Waals surface area contributed by atoms with E-state index in [1.54, 1.807) is 35.2 Å². The fraction of sp³-hybridized carbons (Fsp3) is 0.111. The molecule has 0 saturated carbocycles. The highest BCUT2D eigenvalue weighted by Gasteiger charge is 2.27. The molecule has 12 heteroatoms. The summed E-state index contributed by atoms with van der Waals surface area (Å²) < 4.78 is 38.5. The predicted octanol–water partition coefficient (Wildman–Crippen LogP) is 4.63. The van der Waals surface area contributed by atoms with Gasteiger partial charge >= 0.3 is 12.2 Å². The van der Waals surface area contributed by atoms with Crippen molar-refractivity contribution < 1.29 is 18.0 Å². The van der Waals surface area contributed by atoms with Crippen LogP contribution in [0, 0.1) is 0 Å². The lowest BCUT2D eigenvalue weighted by atomic mass is 10.1. The van der Waals surface area contributed by atoms with E-state index in [4.69, 9.17) is 0 Å². The van der Waals surface area contributed by atoms with Crippen molar-refractivity contribution in [1.82, 2.24) is 24.9 Å². The molecule has 2 amide bonds. The zero-order valence-corrected chi connectivity index (χ0v) is 16.7. The Kier molecular flexibility index (Phi) is 6.22. The number of hydrogen-bond acceptors (Lipinski definition) is 5. The molecule has 4 rings (SSSR count). The van der Waals surface area contributed by atoms with Gasteiger partial charge in [0.15, 0.2) is 0 Å². The van der Waals surface area contributed by atoms with E-state index in [1.807, 2.05) is 28.8 Å². The van der Waals surface area contributed by atoms with Crippen LogP contribution in [0.2, 0.25) is 0 Å². The molecule has 2 N–H and O–H groups in total. The van der Waals surface area contributed by atoms with E-state index < -0.39 is 18.8 Å². The molecule has 4 aromatic rings. The van der Waals surface area contributed by atoms with Crippen LogP contribution < -0.4 is 10.6 Å². The average molecular weight is 455 g/mol. The molecule has 30 heavy (non-hydrogen) atoms. The lowest BCUT2D eigenvalue weighted by molar-refractivity contribution is -0.122. The lowest BCUT2D eigenvalue weighted by Gasteiger charge is -2.10. The van der Waals surface area contributed by atoms with E-state index in [0.717, 1.165) is 21.8 Å². The van der Waals surface area contributed by atoms with Crippen LogP contribution in [0.15, 0.2) is 54.3 Å². The zero-order valence-electron chi connectivity index (χ0n) is 15.1. The smallest absolute Gasteiger partial charge is 0.329 e. The van der Waals surface area contributed by atoms with Gasteiger partial charge in [0, 0.05) is 23.0 Å². The number of halogens is 4. The van der Waals surface area contributed by atoms with Crippen LogP contribution in [0.4, 0.5) is 23.7 Å². The van der Waals surface area contributed by atoms with Crippen LogP contribution in [0.1, 0.15) is 0 Å². The molecule has 0 aliphatic heterocycles. The van der Waals surface area contributed by atoms with Gasteiger partial charge in [0.25, 0.3) is 0 Å². The Balaban J connectivity index is 0.00000256. The number of nitrogens with one attached hydrogen (secondary N) is 2. The number of imidazole rings is 1. The zero-order chi connectivity index (χ0) is 20.4. The molecule has 0 spiro atoms. The number of pyridine rings is 1. The molecule has 0 unspecified atom stereocenters. The predicted molar refractivity (Wildman–Crippen MR) is 110 cm³/mol. The first-order valence-corrected chi connectivity index (χ1v) is 9.23. The number of alkyl halides is 3. The Hall–Kier alpha value is -3.18. The van der Waals surface area contributed by atoms with Crippen LogP contribution in [-0.2, 0) is 0 Å². The van der Waals surface area contributed by atoms with E-state index in [0.29, 0.717) is 11.3 Å². The third-order valence-electron chi connectivity index (χ3n) is 3.99. The minimum absolute atomic E-state index is 0. The number of nitrogens with zero attached hydrogens (tertiary/aromatic N) is 4. The van der Waals surface area contributed by atoms with Crippen molar-refractivity contribution in [2.24, 2.45) is 0 Å². The highest BCUT2D eigenvalue weighted by atomic mass is 35.5. The Morgan fingerprint density at radius 1 is 1.17 bits per heavy atom. The number of carbonyl (C=O) groups excluding carboxylic acids is 1. The summed E-state index contributed by atoms with van der Waals surface area (Å²) in [7, 11) is 0. The van der Waals surface area contributed by atoms with Crippen molar-refractivity contribution in [3.05, 3.63) is 54.3 Å². The highest BCUT2D eigenvalue weighted by molar-refractivity contribution is 7.12. The molecule has 156 valence electrons. The van der Waals surface area contributed by atoms with E-state index in [2.05, 4.69) is 20.5 Å². The lowest BCUT2D eigenvalue weighted by Crippen LogP contribution is -2.36. The summed E-state index contributed by atoms with van der Waals surface area (Å²) in [5.74, 6) is 0. The monoisotopic (exact) mass is 454 g/mol. The number of fused-ring (bicyclic) bond motifs is 1. The van der Waals surface area contributed by atoms with Gasteiger partial charge in [-0.05, 0) is 24.3 Å². The summed E-state index contributed by atoms with van der Waals surface area (Å²) in [6.07, 6.45) is -0.935. The van der Waals surface area contributed by atoms with Gasteiger partial charge in [-0.2, -0.15) is 13.2 Å². The molecular formula is C18H14ClF3N6OS. The van der Waals surface area contributed by atoms with E-state index in [1.165, 1.54) is 11.3 Å². The summed E-state index contributed by atoms with van der Waals surface area (Å²) >= 11 is 1.42. The van der Waals surface area contributed by atoms with Gasteiger partial charge in [0.05, 0.1) is 11.9 Å². The summed E-state index contributed by atoms with van der Waals surface area (Å²) in [6, 6.07) is 9.62. The van der Waals surface area contributed by atoms with E-state index in [9.17, 15) is 18.0 Å². The SMILES string of the molecule is Cl.O=C(NCC(F)(F)F)Nc1cccc(-c2cnc3cc(-c4nncs4)ccn23)c1. The maximum atomic E-state index is 12.2. The number of benzene rings is 1. The second-order valence-electron chi connectivity index (χ2n) is 6.03. The fourth-order valence-corrected chi connectivity index (χ4v) is 3.29. The highest BCUT2D eigenvalue weighted by Crippen LogP contribution is 2.27. The topological polar surface area (TPSA) is 84.2 Å². The van der Waals surface area contributed by atoms with Gasteiger partial charge in [0.1, 0.15) is 22.7 Å². The van der Waals surface area contributed by atoms with Gasteiger partial charge in [-0.15, -0.1) is 22.6 Å². The normalized spacial score (nSPS) is 11.2. The number of anilines is 1. The number of rotatable bonds is 4. The molecule has 0 saturated heterocycles. The number of hydrogen-bond donors (Lipinski definition) is 2. The molecule has 0 fully saturated rings. The number of amides is 2. The Morgan fingerprint density at radius 3 is 2.73 bits per heavy atom. The van der Waals surface area contributed by atoms with Gasteiger partial charge in [-0.3, -0.25) is 4.40 Å². The first-order chi connectivity index (χ1) is 13.9. The summed E-state index contributed by atoms with van der Waals surface area (Å²) in [5.41, 5.74) is 5.13. The minimum atomic E-state index is -4.47. The molecule has 0 radical (unpaired) electrons. The standard InChI is InChI=1S/C18H13F3N6OS.ClH/c19-18(20,21)9-23-17(28)25-13-3-1-2-11(6-13)14-8-22-15-7-12(4-5-27(14)15)16-26-24-10-29-16;/h1-8,10H,9H2,(H2,23,25,28);1H. The van der Waals surface area contributed by atoms with Gasteiger partial charge in [-0.25, -0.2) is 9.78 Å². The van der Waals surface area contributed by atoms with Gasteiger partial charge < -0.3 is 10.6 Å². The fourth-order valence-electron chi connectivity index (χ4n) is 2.74. The molecular weight excluding hydrogens is 441 g/mol. The van der Waals surface area contributed by atoms with E-state index in [-0.39, 0.29) is 12.4 Å². The quantitative estimate of drug-likeness (QED) is 0.471. The number of aromatic nitrogens is 4. The summed E-state index contributed by atoms with van der Waals surface area (Å²) in [4.78, 5) is 16.1. The van der Waals surface area contributed by atoms with Crippen LogP contribution in [-0.4, -0.2) is 38.3 Å². The van der Waals surface area contributed by atoms with Crippen LogP contribution >= 0.6 is 23.7 Å². The summed E-state index contributed by atoms with van der Waals surface area (Å²) in [5, 5.41) is 12.8. The molecule has 0 aliphatic carbocycles. The van der Waals surface area contributed by atoms with Crippen molar-refractivity contribution in [1.29, 1.82) is 0 Å². The van der Waals surface area contributed by atoms with Crippen molar-refractivity contribution in [3.8, 4) is 21.8 Å². The third-order valence-corrected chi connectivity index (χ3v) is 4.73. The van der Waals surface area contributed by atoms with E-state index >= 15 is 0 Å². The van der Waals surface area contributed by atoms with Crippen molar-refractivity contribution in [2.45, 2.75) is 6.18 Å². The number of carbonyl (C=O) groups is 1. The Morgan fingerprint density at radius 2 is 2.00 bits per heavy atom. The van der Waals surface area contributed by atoms with Crippen LogP contribution in [0.5, 0.6) is 0 Å². The second kappa shape index (κ2) is 8.67. The molecule has 1 aromatic carbocycles. The second-order valence-corrected chi connectivity index (χ2v) is 6.87. The molecule has 7 nitrogen and oxygen atoms in total. The van der Waals surface area contributed by atoms with Crippen molar-refractivity contribution in [3.63, 3.8) is 0 Å². The first-order valence-electron chi connectivity index (χ1n) is 8.35. The summed E-state index contributed by atoms with van der Waals surface area (Å²) in [6.45, 7) is -1.40. The maximum absolute atomic E-state index is 12.2. The maximum Gasteiger partial charge on any atom is 0.405 e. The van der Waals surface area contributed by atoms with Crippen molar-refractivity contribution >= 4 is 41.1 Å². The average Bonchev–Trinajstić information content (AvgIpc) is 3.35. The van der Waals surface area contributed by atoms with Crippen LogP contribution in [0.25, 0.3) is 27.5 Å². The molecule has 0 atom stereocenters. The Labute approximate surface area is 178 Å². The number of urea groups is 1. The molecule has 3 heterocycles. The van der Waals surface area contributed by atoms with Crippen LogP contribution in [0.3, 0.4) is 0 Å². The van der Waals surface area contributed by atoms with Gasteiger partial charge in [0.2, 0.25) is 0 Å². The minimum Gasteiger partial charge on any atom is -0.329 e. The molecule has 3 aromatic heterocycles. The largest absolute Gasteiger partial charge is 0.405 e. The van der Waals surface area contributed by atoms with Gasteiger partial charge in [-0.1, -0.05) is 23.5 Å². The third kappa shape index (κ3) is 4.86. The van der Waals surface area contributed by atoms with Crippen molar-refractivity contribution in [2.75, 3.05) is 11.9 Å².